The van der Waals surface area contributed by atoms with Crippen LogP contribution in [0.1, 0.15) is 5.56 Å². The number of alkyl halides is 7. The summed E-state index contributed by atoms with van der Waals surface area (Å²) in [7, 11) is 0. The Hall–Kier alpha value is -1.61. The standard InChI is InChI=1S/C9H4F9N/c10-5-3(1-2-4(19)6(5)11)7(12,13)8(14,15)9(16,17)18/h1-2H,19H2. The van der Waals surface area contributed by atoms with E-state index in [1.807, 2.05) is 0 Å². The Kier molecular flexibility index (Phi) is 3.42. The van der Waals surface area contributed by atoms with Crippen molar-refractivity contribution in [1.29, 1.82) is 0 Å². The topological polar surface area (TPSA) is 26.0 Å². The van der Waals surface area contributed by atoms with E-state index in [9.17, 15) is 39.5 Å². The molecule has 0 radical (unpaired) electrons. The second-order valence-corrected chi connectivity index (χ2v) is 3.48. The molecule has 19 heavy (non-hydrogen) atoms. The van der Waals surface area contributed by atoms with Crippen LogP contribution in [-0.2, 0) is 5.92 Å². The van der Waals surface area contributed by atoms with E-state index < -0.39 is 40.9 Å². The van der Waals surface area contributed by atoms with Gasteiger partial charge in [-0.2, -0.15) is 30.7 Å². The normalized spacial score (nSPS) is 13.7. The summed E-state index contributed by atoms with van der Waals surface area (Å²) in [5, 5.41) is 0. The first-order valence-electron chi connectivity index (χ1n) is 4.40. The predicted octanol–water partition coefficient (Wildman–Crippen LogP) is 3.84. The maximum absolute atomic E-state index is 13.1. The van der Waals surface area contributed by atoms with Gasteiger partial charge in [0.1, 0.15) is 0 Å². The highest BCUT2D eigenvalue weighted by molar-refractivity contribution is 5.44. The quantitative estimate of drug-likeness (QED) is 0.651. The summed E-state index contributed by atoms with van der Waals surface area (Å²) in [4.78, 5) is 0. The van der Waals surface area contributed by atoms with Crippen molar-refractivity contribution in [1.82, 2.24) is 0 Å². The number of hydrogen-bond acceptors (Lipinski definition) is 1. The predicted molar refractivity (Wildman–Crippen MR) is 45.7 cm³/mol. The zero-order chi connectivity index (χ0) is 15.2. The third-order valence-corrected chi connectivity index (χ3v) is 2.20. The third kappa shape index (κ3) is 2.19. The van der Waals surface area contributed by atoms with Gasteiger partial charge >= 0.3 is 18.0 Å². The van der Waals surface area contributed by atoms with Crippen LogP contribution in [0.2, 0.25) is 0 Å². The van der Waals surface area contributed by atoms with Crippen LogP contribution < -0.4 is 5.73 Å². The summed E-state index contributed by atoms with van der Waals surface area (Å²) >= 11 is 0. The average molecular weight is 297 g/mol. The van der Waals surface area contributed by atoms with Gasteiger partial charge < -0.3 is 5.73 Å². The SMILES string of the molecule is Nc1ccc(C(F)(F)C(F)(F)C(F)(F)F)c(F)c1F. The zero-order valence-corrected chi connectivity index (χ0v) is 8.63. The van der Waals surface area contributed by atoms with Crippen LogP contribution >= 0.6 is 0 Å². The molecule has 1 aromatic rings. The lowest BCUT2D eigenvalue weighted by molar-refractivity contribution is -0.360. The molecule has 0 aromatic heterocycles. The van der Waals surface area contributed by atoms with Crippen LogP contribution in [0.5, 0.6) is 0 Å². The monoisotopic (exact) mass is 297 g/mol. The minimum atomic E-state index is -6.64. The van der Waals surface area contributed by atoms with Gasteiger partial charge in [0.05, 0.1) is 11.3 Å². The summed E-state index contributed by atoms with van der Waals surface area (Å²) in [6.07, 6.45) is -6.64. The lowest BCUT2D eigenvalue weighted by atomic mass is 10.0. The van der Waals surface area contributed by atoms with Crippen molar-refractivity contribution in [3.05, 3.63) is 29.3 Å². The summed E-state index contributed by atoms with van der Waals surface area (Å²) in [6.45, 7) is 0. The van der Waals surface area contributed by atoms with Gasteiger partial charge in [0.25, 0.3) is 0 Å². The van der Waals surface area contributed by atoms with Gasteiger partial charge in [-0.3, -0.25) is 0 Å². The van der Waals surface area contributed by atoms with Crippen LogP contribution in [0.25, 0.3) is 0 Å². The van der Waals surface area contributed by atoms with Crippen molar-refractivity contribution in [2.24, 2.45) is 0 Å². The molecule has 1 aromatic carbocycles. The fourth-order valence-electron chi connectivity index (χ4n) is 1.15. The summed E-state index contributed by atoms with van der Waals surface area (Å²) in [5.74, 6) is -17.2. The molecule has 0 fully saturated rings. The Balaban J connectivity index is 3.48. The minimum absolute atomic E-state index is 0.132. The van der Waals surface area contributed by atoms with Crippen LogP contribution in [0.4, 0.5) is 45.2 Å². The Bertz CT molecular complexity index is 491. The lowest BCUT2D eigenvalue weighted by Crippen LogP contribution is -2.50. The average Bonchev–Trinajstić information content (AvgIpc) is 2.23. The van der Waals surface area contributed by atoms with E-state index in [2.05, 4.69) is 0 Å². The molecule has 1 rings (SSSR count). The van der Waals surface area contributed by atoms with Gasteiger partial charge in [-0.25, -0.2) is 8.78 Å². The zero-order valence-electron chi connectivity index (χ0n) is 8.63. The molecule has 1 nitrogen and oxygen atoms in total. The second-order valence-electron chi connectivity index (χ2n) is 3.48. The van der Waals surface area contributed by atoms with E-state index in [-0.39, 0.29) is 12.1 Å². The highest BCUT2D eigenvalue weighted by Crippen LogP contribution is 2.52. The van der Waals surface area contributed by atoms with Gasteiger partial charge in [-0.05, 0) is 12.1 Å². The molecular weight excluding hydrogens is 293 g/mol. The Labute approximate surface area is 99.4 Å². The fraction of sp³-hybridized carbons (Fsp3) is 0.333. The van der Waals surface area contributed by atoms with Gasteiger partial charge in [-0.15, -0.1) is 0 Å². The molecule has 2 N–H and O–H groups in total. The molecule has 0 amide bonds. The largest absolute Gasteiger partial charge is 0.460 e. The second kappa shape index (κ2) is 4.20. The first-order chi connectivity index (χ1) is 8.34. The highest BCUT2D eigenvalue weighted by atomic mass is 19.4. The smallest absolute Gasteiger partial charge is 0.396 e. The van der Waals surface area contributed by atoms with E-state index in [0.29, 0.717) is 0 Å². The first kappa shape index (κ1) is 15.4. The number of hydrogen-bond donors (Lipinski definition) is 1. The lowest BCUT2D eigenvalue weighted by Gasteiger charge is -2.28. The number of nitrogen functional groups attached to an aromatic ring is 1. The Morgan fingerprint density at radius 2 is 1.26 bits per heavy atom. The molecule has 0 saturated carbocycles. The molecule has 10 heteroatoms. The van der Waals surface area contributed by atoms with E-state index in [4.69, 9.17) is 5.73 Å². The molecule has 108 valence electrons. The van der Waals surface area contributed by atoms with Gasteiger partial charge in [-0.1, -0.05) is 0 Å². The Morgan fingerprint density at radius 1 is 0.789 bits per heavy atom. The molecule has 0 aliphatic heterocycles. The molecule has 0 bridgehead atoms. The molecule has 0 atom stereocenters. The maximum Gasteiger partial charge on any atom is 0.460 e. The van der Waals surface area contributed by atoms with E-state index >= 15 is 0 Å². The summed E-state index contributed by atoms with van der Waals surface area (Å²) < 4.78 is 113. The van der Waals surface area contributed by atoms with Gasteiger partial charge in [0.15, 0.2) is 11.6 Å². The highest BCUT2D eigenvalue weighted by Gasteiger charge is 2.74. The summed E-state index contributed by atoms with van der Waals surface area (Å²) in [6, 6.07) is 0.126. The van der Waals surface area contributed by atoms with Crippen molar-refractivity contribution in [2.45, 2.75) is 18.0 Å². The minimum Gasteiger partial charge on any atom is -0.396 e. The van der Waals surface area contributed by atoms with Crippen LogP contribution in [0.15, 0.2) is 12.1 Å². The van der Waals surface area contributed by atoms with Gasteiger partial charge in [0, 0.05) is 0 Å². The van der Waals surface area contributed by atoms with Crippen LogP contribution in [0.3, 0.4) is 0 Å². The van der Waals surface area contributed by atoms with E-state index in [1.165, 1.54) is 0 Å². The van der Waals surface area contributed by atoms with E-state index in [0.717, 1.165) is 0 Å². The number of anilines is 1. The first-order valence-corrected chi connectivity index (χ1v) is 4.40. The van der Waals surface area contributed by atoms with Crippen molar-refractivity contribution < 1.29 is 39.5 Å². The molecule has 0 saturated heterocycles. The van der Waals surface area contributed by atoms with E-state index in [1.54, 1.807) is 0 Å². The molecular formula is C9H4F9N. The molecule has 0 heterocycles. The Morgan fingerprint density at radius 3 is 1.68 bits per heavy atom. The number of halogens is 9. The molecule has 0 aliphatic rings. The van der Waals surface area contributed by atoms with Crippen LogP contribution in [0, 0.1) is 11.6 Å². The third-order valence-electron chi connectivity index (χ3n) is 2.20. The van der Waals surface area contributed by atoms with Crippen LogP contribution in [-0.4, -0.2) is 12.1 Å². The van der Waals surface area contributed by atoms with Crippen molar-refractivity contribution in [3.8, 4) is 0 Å². The molecule has 0 spiro atoms. The fourth-order valence-corrected chi connectivity index (χ4v) is 1.15. The number of nitrogens with two attached hydrogens (primary N) is 1. The van der Waals surface area contributed by atoms with Crippen molar-refractivity contribution in [2.75, 3.05) is 5.73 Å². The number of rotatable bonds is 2. The molecule has 0 unspecified atom stereocenters. The van der Waals surface area contributed by atoms with Crippen molar-refractivity contribution in [3.63, 3.8) is 0 Å². The number of benzene rings is 1. The molecule has 0 aliphatic carbocycles. The van der Waals surface area contributed by atoms with Gasteiger partial charge in [0.2, 0.25) is 0 Å². The van der Waals surface area contributed by atoms with Crippen molar-refractivity contribution >= 4 is 5.69 Å². The maximum atomic E-state index is 13.1. The summed E-state index contributed by atoms with van der Waals surface area (Å²) in [5.41, 5.74) is 1.32.